The molecule has 0 bridgehead atoms. The summed E-state index contributed by atoms with van der Waals surface area (Å²) in [6, 6.07) is 9.50. The van der Waals surface area contributed by atoms with Gasteiger partial charge in [0.15, 0.2) is 0 Å². The van der Waals surface area contributed by atoms with Gasteiger partial charge in [-0.25, -0.2) is 0 Å². The van der Waals surface area contributed by atoms with Crippen LogP contribution in [-0.4, -0.2) is 17.4 Å². The van der Waals surface area contributed by atoms with Gasteiger partial charge in [-0.1, -0.05) is 17.7 Å². The van der Waals surface area contributed by atoms with Crippen molar-refractivity contribution in [3.63, 3.8) is 0 Å². The van der Waals surface area contributed by atoms with E-state index in [0.717, 1.165) is 24.8 Å². The number of amides is 1. The van der Waals surface area contributed by atoms with E-state index in [0.29, 0.717) is 17.8 Å². The molecule has 0 aliphatic heterocycles. The highest BCUT2D eigenvalue weighted by atomic mass is 16.1. The monoisotopic (exact) mass is 283 g/mol. The smallest absolute Gasteiger partial charge is 0.253 e. The molecular formula is C17H21N3O. The highest BCUT2D eigenvalue weighted by Crippen LogP contribution is 2.13. The van der Waals surface area contributed by atoms with Crippen LogP contribution in [0.5, 0.6) is 0 Å². The lowest BCUT2D eigenvalue weighted by molar-refractivity contribution is 0.0954. The minimum absolute atomic E-state index is 0.0995. The Balaban J connectivity index is 1.73. The Morgan fingerprint density at radius 1 is 1.29 bits per heavy atom. The maximum atomic E-state index is 12.0. The number of nitrogen functional groups attached to an aromatic ring is 1. The Morgan fingerprint density at radius 2 is 2.14 bits per heavy atom. The highest BCUT2D eigenvalue weighted by Gasteiger charge is 2.08. The summed E-state index contributed by atoms with van der Waals surface area (Å²) in [6.07, 6.45) is 6.60. The maximum Gasteiger partial charge on any atom is 0.253 e. The van der Waals surface area contributed by atoms with E-state index in [1.165, 1.54) is 5.56 Å². The van der Waals surface area contributed by atoms with Crippen LogP contribution in [0.4, 0.5) is 5.69 Å². The number of hydrogen-bond donors (Lipinski definition) is 2. The number of benzene rings is 1. The zero-order valence-electron chi connectivity index (χ0n) is 12.3. The Labute approximate surface area is 125 Å². The van der Waals surface area contributed by atoms with E-state index in [1.807, 2.05) is 31.3 Å². The molecule has 4 heteroatoms. The fourth-order valence-electron chi connectivity index (χ4n) is 2.16. The average molecular weight is 283 g/mol. The van der Waals surface area contributed by atoms with E-state index >= 15 is 0 Å². The zero-order valence-corrected chi connectivity index (χ0v) is 12.3. The number of anilines is 1. The van der Waals surface area contributed by atoms with Crippen LogP contribution in [0, 0.1) is 6.92 Å². The van der Waals surface area contributed by atoms with Crippen molar-refractivity contribution >= 4 is 11.6 Å². The SMILES string of the molecule is Cc1ccc(N)c(C(=O)NCCCCc2cccnc2)c1. The summed E-state index contributed by atoms with van der Waals surface area (Å²) in [5, 5.41) is 2.92. The molecule has 21 heavy (non-hydrogen) atoms. The van der Waals surface area contributed by atoms with E-state index in [2.05, 4.69) is 16.4 Å². The van der Waals surface area contributed by atoms with E-state index in [4.69, 9.17) is 5.73 Å². The first-order valence-electron chi connectivity index (χ1n) is 7.20. The molecule has 0 radical (unpaired) electrons. The summed E-state index contributed by atoms with van der Waals surface area (Å²) in [6.45, 7) is 2.61. The first kappa shape index (κ1) is 15.0. The van der Waals surface area contributed by atoms with Crippen molar-refractivity contribution in [2.24, 2.45) is 0 Å². The predicted molar refractivity (Wildman–Crippen MR) is 85.1 cm³/mol. The Morgan fingerprint density at radius 3 is 2.90 bits per heavy atom. The summed E-state index contributed by atoms with van der Waals surface area (Å²) in [7, 11) is 0. The van der Waals surface area contributed by atoms with Gasteiger partial charge >= 0.3 is 0 Å². The third-order valence-corrected chi connectivity index (χ3v) is 3.35. The summed E-state index contributed by atoms with van der Waals surface area (Å²) in [4.78, 5) is 16.1. The van der Waals surface area contributed by atoms with Gasteiger partial charge in [0.25, 0.3) is 5.91 Å². The molecule has 0 aliphatic carbocycles. The van der Waals surface area contributed by atoms with Gasteiger partial charge in [-0.15, -0.1) is 0 Å². The van der Waals surface area contributed by atoms with Crippen molar-refractivity contribution in [1.82, 2.24) is 10.3 Å². The average Bonchev–Trinajstić information content (AvgIpc) is 2.50. The van der Waals surface area contributed by atoms with Gasteiger partial charge in [-0.3, -0.25) is 9.78 Å². The molecule has 110 valence electrons. The number of aromatic nitrogens is 1. The Hall–Kier alpha value is -2.36. The first-order valence-corrected chi connectivity index (χ1v) is 7.20. The van der Waals surface area contributed by atoms with Crippen LogP contribution in [0.25, 0.3) is 0 Å². The van der Waals surface area contributed by atoms with Crippen molar-refractivity contribution in [1.29, 1.82) is 0 Å². The van der Waals surface area contributed by atoms with Crippen molar-refractivity contribution < 1.29 is 4.79 Å². The molecule has 0 spiro atoms. The summed E-state index contributed by atoms with van der Waals surface area (Å²) >= 11 is 0. The second-order valence-electron chi connectivity index (χ2n) is 5.16. The number of carbonyl (C=O) groups is 1. The van der Waals surface area contributed by atoms with E-state index in [1.54, 1.807) is 12.3 Å². The van der Waals surface area contributed by atoms with Crippen LogP contribution in [0.15, 0.2) is 42.7 Å². The number of rotatable bonds is 6. The molecule has 1 aromatic heterocycles. The van der Waals surface area contributed by atoms with Crippen LogP contribution in [0.3, 0.4) is 0 Å². The van der Waals surface area contributed by atoms with E-state index in [9.17, 15) is 4.79 Å². The largest absolute Gasteiger partial charge is 0.398 e. The van der Waals surface area contributed by atoms with Crippen LogP contribution >= 0.6 is 0 Å². The maximum absolute atomic E-state index is 12.0. The minimum Gasteiger partial charge on any atom is -0.398 e. The molecule has 0 fully saturated rings. The third kappa shape index (κ3) is 4.60. The quantitative estimate of drug-likeness (QED) is 0.632. The van der Waals surface area contributed by atoms with Crippen molar-refractivity contribution in [2.45, 2.75) is 26.2 Å². The number of hydrogen-bond acceptors (Lipinski definition) is 3. The molecule has 0 saturated heterocycles. The van der Waals surface area contributed by atoms with E-state index in [-0.39, 0.29) is 5.91 Å². The molecule has 2 aromatic rings. The van der Waals surface area contributed by atoms with Crippen LogP contribution in [0.1, 0.15) is 34.3 Å². The molecular weight excluding hydrogens is 262 g/mol. The highest BCUT2D eigenvalue weighted by molar-refractivity contribution is 5.99. The zero-order chi connectivity index (χ0) is 15.1. The van der Waals surface area contributed by atoms with Gasteiger partial charge in [-0.2, -0.15) is 0 Å². The number of aryl methyl sites for hydroxylation is 2. The lowest BCUT2D eigenvalue weighted by atomic mass is 10.1. The van der Waals surface area contributed by atoms with Gasteiger partial charge in [0, 0.05) is 24.6 Å². The Bertz CT molecular complexity index is 596. The first-order chi connectivity index (χ1) is 10.2. The normalized spacial score (nSPS) is 10.3. The molecule has 0 saturated carbocycles. The van der Waals surface area contributed by atoms with Crippen LogP contribution in [-0.2, 0) is 6.42 Å². The molecule has 1 amide bonds. The predicted octanol–water partition coefficient (Wildman–Crippen LogP) is 2.72. The summed E-state index contributed by atoms with van der Waals surface area (Å²) < 4.78 is 0. The number of pyridine rings is 1. The molecule has 0 aliphatic rings. The molecule has 0 atom stereocenters. The van der Waals surface area contributed by atoms with Gasteiger partial charge in [-0.05, 0) is 49.9 Å². The number of unbranched alkanes of at least 4 members (excludes halogenated alkanes) is 1. The summed E-state index contributed by atoms with van der Waals surface area (Å²) in [5.41, 5.74) is 9.17. The minimum atomic E-state index is -0.0995. The number of nitrogens with zero attached hydrogens (tertiary/aromatic N) is 1. The van der Waals surface area contributed by atoms with Gasteiger partial charge in [0.2, 0.25) is 0 Å². The second kappa shape index (κ2) is 7.43. The molecule has 0 unspecified atom stereocenters. The fraction of sp³-hybridized carbons (Fsp3) is 0.294. The third-order valence-electron chi connectivity index (χ3n) is 3.35. The van der Waals surface area contributed by atoms with Crippen LogP contribution in [0.2, 0.25) is 0 Å². The summed E-state index contributed by atoms with van der Waals surface area (Å²) in [5.74, 6) is -0.0995. The molecule has 1 heterocycles. The fourth-order valence-corrected chi connectivity index (χ4v) is 2.16. The van der Waals surface area contributed by atoms with Crippen molar-refractivity contribution in [3.05, 3.63) is 59.4 Å². The molecule has 1 aromatic carbocycles. The molecule has 3 N–H and O–H groups in total. The van der Waals surface area contributed by atoms with Crippen molar-refractivity contribution in [2.75, 3.05) is 12.3 Å². The standard InChI is InChI=1S/C17H21N3O/c1-13-7-8-16(18)15(11-13)17(21)20-10-3-2-5-14-6-4-9-19-12-14/h4,6-9,11-12H,2-3,5,10,18H2,1H3,(H,20,21). The molecule has 4 nitrogen and oxygen atoms in total. The number of carbonyl (C=O) groups excluding carboxylic acids is 1. The van der Waals surface area contributed by atoms with Gasteiger partial charge in [0.05, 0.1) is 5.56 Å². The number of nitrogens with one attached hydrogen (secondary N) is 1. The Kier molecular flexibility index (Phi) is 5.32. The van der Waals surface area contributed by atoms with E-state index < -0.39 is 0 Å². The van der Waals surface area contributed by atoms with Gasteiger partial charge < -0.3 is 11.1 Å². The lowest BCUT2D eigenvalue weighted by Gasteiger charge is -2.08. The topological polar surface area (TPSA) is 68.0 Å². The van der Waals surface area contributed by atoms with Crippen LogP contribution < -0.4 is 11.1 Å². The lowest BCUT2D eigenvalue weighted by Crippen LogP contribution is -2.25. The van der Waals surface area contributed by atoms with Crippen molar-refractivity contribution in [3.8, 4) is 0 Å². The number of nitrogens with two attached hydrogens (primary N) is 1. The molecule has 2 rings (SSSR count). The second-order valence-corrected chi connectivity index (χ2v) is 5.16. The van der Waals surface area contributed by atoms with Gasteiger partial charge in [0.1, 0.15) is 0 Å².